The fourth-order valence-electron chi connectivity index (χ4n) is 5.63. The molecule has 1 fully saturated rings. The van der Waals surface area contributed by atoms with E-state index in [1.54, 1.807) is 38.6 Å². The summed E-state index contributed by atoms with van der Waals surface area (Å²) in [4.78, 5) is 26.9. The molecule has 0 bridgehead atoms. The molecule has 0 spiro atoms. The Morgan fingerprint density at radius 3 is 2.39 bits per heavy atom. The number of hydrogen-bond acceptors (Lipinski definition) is 6. The Bertz CT molecular complexity index is 1790. The van der Waals surface area contributed by atoms with Crippen molar-refractivity contribution in [3.8, 4) is 28.2 Å². The first kappa shape index (κ1) is 26.6. The first-order valence-electron chi connectivity index (χ1n) is 13.7. The summed E-state index contributed by atoms with van der Waals surface area (Å²) in [7, 11) is 1.57. The van der Waals surface area contributed by atoms with Crippen molar-refractivity contribution in [2.75, 3.05) is 7.11 Å². The number of methoxy groups -OCH3 is 1. The zero-order valence-electron chi connectivity index (χ0n) is 23.2. The zero-order valence-corrected chi connectivity index (χ0v) is 23.2. The van der Waals surface area contributed by atoms with Gasteiger partial charge in [0.2, 0.25) is 0 Å². The van der Waals surface area contributed by atoms with Crippen LogP contribution in [0.1, 0.15) is 64.4 Å². The van der Waals surface area contributed by atoms with Crippen LogP contribution in [0.3, 0.4) is 0 Å². The number of halogens is 1. The molecule has 0 radical (unpaired) electrons. The smallest absolute Gasteiger partial charge is 0.167 e. The minimum Gasteiger partial charge on any atom is -0.496 e. The summed E-state index contributed by atoms with van der Waals surface area (Å²) in [5.74, 6) is 0.530. The largest absolute Gasteiger partial charge is 0.496 e. The SMILES string of the molecule is CCC(=O)c1c(-c2ccc(F)cc2)oc2ccc(-c3cc(C(=O)CC4(c5ccnnc5)CC4)c(OC)cc3C)cc12. The molecule has 41 heavy (non-hydrogen) atoms. The predicted octanol–water partition coefficient (Wildman–Crippen LogP) is 7.91. The fraction of sp³-hybridized carbons (Fsp3) is 0.235. The van der Waals surface area contributed by atoms with Crippen molar-refractivity contribution in [1.82, 2.24) is 10.2 Å². The van der Waals surface area contributed by atoms with Gasteiger partial charge < -0.3 is 9.15 Å². The number of ether oxygens (including phenoxy) is 1. The van der Waals surface area contributed by atoms with Crippen LogP contribution in [-0.2, 0) is 5.41 Å². The molecule has 6 rings (SSSR count). The highest BCUT2D eigenvalue weighted by Gasteiger charge is 2.46. The Kier molecular flexibility index (Phi) is 6.73. The normalized spacial score (nSPS) is 13.8. The summed E-state index contributed by atoms with van der Waals surface area (Å²) in [5.41, 5.74) is 5.65. The molecule has 0 atom stereocenters. The first-order chi connectivity index (χ1) is 19.8. The van der Waals surface area contributed by atoms with E-state index in [-0.39, 0.29) is 22.8 Å². The van der Waals surface area contributed by atoms with Gasteiger partial charge in [-0.2, -0.15) is 10.2 Å². The lowest BCUT2D eigenvalue weighted by molar-refractivity contribution is 0.0964. The Morgan fingerprint density at radius 2 is 1.73 bits per heavy atom. The molecule has 0 aliphatic heterocycles. The molecule has 2 aromatic heterocycles. The van der Waals surface area contributed by atoms with E-state index < -0.39 is 0 Å². The van der Waals surface area contributed by atoms with Crippen molar-refractivity contribution in [3.63, 3.8) is 0 Å². The van der Waals surface area contributed by atoms with Crippen molar-refractivity contribution in [2.45, 2.75) is 44.9 Å². The highest BCUT2D eigenvalue weighted by molar-refractivity contribution is 6.13. The minimum atomic E-state index is -0.360. The molecule has 1 aliphatic carbocycles. The average molecular weight is 549 g/mol. The van der Waals surface area contributed by atoms with E-state index in [0.717, 1.165) is 35.1 Å². The summed E-state index contributed by atoms with van der Waals surface area (Å²) >= 11 is 0. The van der Waals surface area contributed by atoms with E-state index >= 15 is 0 Å². The van der Waals surface area contributed by atoms with Gasteiger partial charge >= 0.3 is 0 Å². The monoisotopic (exact) mass is 548 g/mol. The Morgan fingerprint density at radius 1 is 0.976 bits per heavy atom. The maximum absolute atomic E-state index is 13.7. The number of Topliss-reactive ketones (excluding diaryl/α,β-unsaturated/α-hetero) is 2. The second-order valence-corrected chi connectivity index (χ2v) is 10.7. The lowest BCUT2D eigenvalue weighted by Crippen LogP contribution is -2.15. The number of hydrogen-bond donors (Lipinski definition) is 0. The van der Waals surface area contributed by atoms with Crippen molar-refractivity contribution in [3.05, 3.63) is 101 Å². The van der Waals surface area contributed by atoms with E-state index in [1.807, 2.05) is 43.3 Å². The molecule has 2 heterocycles. The number of carbonyl (C=O) groups is 2. The van der Waals surface area contributed by atoms with Gasteiger partial charge in [-0.25, -0.2) is 4.39 Å². The number of nitrogens with zero attached hydrogens (tertiary/aromatic N) is 2. The van der Waals surface area contributed by atoms with Crippen LogP contribution in [0.25, 0.3) is 33.4 Å². The number of fused-ring (bicyclic) bond motifs is 1. The third-order valence-corrected chi connectivity index (χ3v) is 8.10. The van der Waals surface area contributed by atoms with Gasteiger partial charge in [0.15, 0.2) is 11.6 Å². The van der Waals surface area contributed by atoms with Gasteiger partial charge in [0, 0.05) is 35.4 Å². The number of furan rings is 1. The summed E-state index contributed by atoms with van der Waals surface area (Å²) < 4.78 is 25.4. The molecule has 0 N–H and O–H groups in total. The molecule has 7 heteroatoms. The summed E-state index contributed by atoms with van der Waals surface area (Å²) in [5, 5.41) is 8.57. The van der Waals surface area contributed by atoms with Crippen LogP contribution >= 0.6 is 0 Å². The van der Waals surface area contributed by atoms with Gasteiger partial charge in [-0.05, 0) is 96.6 Å². The van der Waals surface area contributed by atoms with Crippen LogP contribution in [0.15, 0.2) is 77.5 Å². The number of ketones is 2. The minimum absolute atomic E-state index is 0.00208. The van der Waals surface area contributed by atoms with Crippen molar-refractivity contribution in [1.29, 1.82) is 0 Å². The number of carbonyl (C=O) groups excluding carboxylic acids is 2. The molecule has 6 nitrogen and oxygen atoms in total. The van der Waals surface area contributed by atoms with E-state index in [9.17, 15) is 14.0 Å². The van der Waals surface area contributed by atoms with Crippen LogP contribution < -0.4 is 4.74 Å². The highest BCUT2D eigenvalue weighted by atomic mass is 19.1. The number of aryl methyl sites for hydroxylation is 1. The van der Waals surface area contributed by atoms with Crippen molar-refractivity contribution >= 4 is 22.5 Å². The Hall–Kier alpha value is -4.65. The maximum atomic E-state index is 13.7. The molecule has 0 unspecified atom stereocenters. The lowest BCUT2D eigenvalue weighted by atomic mass is 9.87. The summed E-state index contributed by atoms with van der Waals surface area (Å²) in [6.45, 7) is 3.78. The van der Waals surface area contributed by atoms with E-state index in [1.165, 1.54) is 12.1 Å². The lowest BCUT2D eigenvalue weighted by Gasteiger charge is -2.17. The van der Waals surface area contributed by atoms with Crippen LogP contribution in [-0.4, -0.2) is 28.9 Å². The fourth-order valence-corrected chi connectivity index (χ4v) is 5.63. The van der Waals surface area contributed by atoms with Gasteiger partial charge in [-0.1, -0.05) is 13.0 Å². The van der Waals surface area contributed by atoms with Crippen LogP contribution in [0.4, 0.5) is 4.39 Å². The van der Waals surface area contributed by atoms with Crippen LogP contribution in [0.5, 0.6) is 5.75 Å². The third kappa shape index (κ3) is 4.82. The number of rotatable bonds is 9. The van der Waals surface area contributed by atoms with Gasteiger partial charge in [-0.15, -0.1) is 0 Å². The summed E-state index contributed by atoms with van der Waals surface area (Å²) in [6, 6.07) is 17.3. The van der Waals surface area contributed by atoms with Gasteiger partial charge in [0.05, 0.1) is 24.4 Å². The van der Waals surface area contributed by atoms with E-state index in [2.05, 4.69) is 10.2 Å². The molecule has 5 aromatic rings. The molecule has 3 aromatic carbocycles. The van der Waals surface area contributed by atoms with Crippen molar-refractivity contribution in [2.24, 2.45) is 0 Å². The summed E-state index contributed by atoms with van der Waals surface area (Å²) in [6.07, 6.45) is 5.90. The molecule has 0 saturated heterocycles. The van der Waals surface area contributed by atoms with Crippen LogP contribution in [0.2, 0.25) is 0 Å². The topological polar surface area (TPSA) is 82.3 Å². The molecular formula is C34H29FN2O4. The van der Waals surface area contributed by atoms with Gasteiger partial charge in [0.1, 0.15) is 22.9 Å². The zero-order chi connectivity index (χ0) is 28.7. The molecule has 0 amide bonds. The second-order valence-electron chi connectivity index (χ2n) is 10.7. The molecule has 206 valence electrons. The quantitative estimate of drug-likeness (QED) is 0.174. The van der Waals surface area contributed by atoms with Gasteiger partial charge in [-0.3, -0.25) is 9.59 Å². The first-order valence-corrected chi connectivity index (χ1v) is 13.7. The molecular weight excluding hydrogens is 519 g/mol. The number of aromatic nitrogens is 2. The molecule has 1 aliphatic rings. The molecule has 1 saturated carbocycles. The van der Waals surface area contributed by atoms with Gasteiger partial charge in [0.25, 0.3) is 0 Å². The van der Waals surface area contributed by atoms with E-state index in [4.69, 9.17) is 9.15 Å². The van der Waals surface area contributed by atoms with E-state index in [0.29, 0.717) is 52.0 Å². The maximum Gasteiger partial charge on any atom is 0.167 e. The Labute approximate surface area is 237 Å². The standard InChI is InChI=1S/C34H29FN2O4/c1-4-28(38)32-27-16-22(7-10-30(27)41-33(32)21-5-8-24(35)9-6-21)25-17-26(31(40-3)15-20(25)2)29(39)18-34(12-13-34)23-11-14-36-37-19-23/h5-11,14-17,19H,4,12-13,18H2,1-3H3. The van der Waals surface area contributed by atoms with Crippen LogP contribution in [0, 0.1) is 12.7 Å². The second kappa shape index (κ2) is 10.4. The Balaban J connectivity index is 1.43. The number of benzene rings is 3. The highest BCUT2D eigenvalue weighted by Crippen LogP contribution is 2.51. The predicted molar refractivity (Wildman–Crippen MR) is 155 cm³/mol. The van der Waals surface area contributed by atoms with Crippen molar-refractivity contribution < 1.29 is 23.1 Å². The average Bonchev–Trinajstić information content (AvgIpc) is 3.68. The third-order valence-electron chi connectivity index (χ3n) is 8.10.